The van der Waals surface area contributed by atoms with Crippen LogP contribution in [0.1, 0.15) is 50.8 Å². The highest BCUT2D eigenvalue weighted by molar-refractivity contribution is 5.79. The van der Waals surface area contributed by atoms with E-state index in [0.717, 1.165) is 55.7 Å². The normalized spacial score (nSPS) is 14.6. The zero-order valence-electron chi connectivity index (χ0n) is 23.1. The van der Waals surface area contributed by atoms with Gasteiger partial charge in [-0.3, -0.25) is 14.6 Å². The number of carbonyl (C=O) groups excluding carboxylic acids is 1. The molecular weight excluding hydrogens is 470 g/mol. The first-order chi connectivity index (χ1) is 17.9. The van der Waals surface area contributed by atoms with Gasteiger partial charge in [-0.1, -0.05) is 32.8 Å². The maximum atomic E-state index is 13.0. The third-order valence-electron chi connectivity index (χ3n) is 7.08. The van der Waals surface area contributed by atoms with E-state index in [1.54, 1.807) is 20.3 Å². The summed E-state index contributed by atoms with van der Waals surface area (Å²) in [5.41, 5.74) is 1.73. The molecule has 1 unspecified atom stereocenters. The highest BCUT2D eigenvalue weighted by atomic mass is 16.5. The van der Waals surface area contributed by atoms with Gasteiger partial charge in [0.05, 0.1) is 19.9 Å². The van der Waals surface area contributed by atoms with Crippen LogP contribution in [0.2, 0.25) is 0 Å². The average Bonchev–Trinajstić information content (AvgIpc) is 2.91. The van der Waals surface area contributed by atoms with E-state index in [0.29, 0.717) is 44.4 Å². The molecule has 3 rings (SSSR count). The SMILES string of the molecule is CCCCC(CC)C(=O)N1CCN(c2nc(CN(C)CCc3ccc(OC)c(OC)c3)cc(=O)[nH]2)CC1. The summed E-state index contributed by atoms with van der Waals surface area (Å²) in [6, 6.07) is 7.51. The Bertz CT molecular complexity index is 1060. The Hall–Kier alpha value is -3.07. The number of nitrogens with one attached hydrogen (secondary N) is 1. The Labute approximate surface area is 220 Å². The predicted molar refractivity (Wildman–Crippen MR) is 147 cm³/mol. The van der Waals surface area contributed by atoms with Crippen LogP contribution in [0.3, 0.4) is 0 Å². The van der Waals surface area contributed by atoms with Crippen LogP contribution >= 0.6 is 0 Å². The van der Waals surface area contributed by atoms with Gasteiger partial charge in [-0.15, -0.1) is 0 Å². The summed E-state index contributed by atoms with van der Waals surface area (Å²) >= 11 is 0. The lowest BCUT2D eigenvalue weighted by Crippen LogP contribution is -2.51. The number of aromatic amines is 1. The molecule has 1 aromatic heterocycles. The van der Waals surface area contributed by atoms with E-state index >= 15 is 0 Å². The maximum Gasteiger partial charge on any atom is 0.252 e. The molecule has 1 atom stereocenters. The fourth-order valence-corrected chi connectivity index (χ4v) is 4.79. The van der Waals surface area contributed by atoms with E-state index in [-0.39, 0.29) is 17.4 Å². The molecule has 9 heteroatoms. The van der Waals surface area contributed by atoms with Crippen molar-refractivity contribution in [2.24, 2.45) is 5.92 Å². The van der Waals surface area contributed by atoms with E-state index in [2.05, 4.69) is 28.6 Å². The van der Waals surface area contributed by atoms with E-state index in [4.69, 9.17) is 14.5 Å². The Morgan fingerprint density at radius 1 is 1.11 bits per heavy atom. The van der Waals surface area contributed by atoms with E-state index in [1.165, 1.54) is 0 Å². The minimum Gasteiger partial charge on any atom is -0.493 e. The topological polar surface area (TPSA) is 91.0 Å². The van der Waals surface area contributed by atoms with Crippen molar-refractivity contribution >= 4 is 11.9 Å². The van der Waals surface area contributed by atoms with Gasteiger partial charge in [0, 0.05) is 51.3 Å². The predicted octanol–water partition coefficient (Wildman–Crippen LogP) is 3.33. The summed E-state index contributed by atoms with van der Waals surface area (Å²) in [5, 5.41) is 0. The fraction of sp³-hybridized carbons (Fsp3) is 0.607. The molecule has 9 nitrogen and oxygen atoms in total. The van der Waals surface area contributed by atoms with Crippen molar-refractivity contribution in [3.63, 3.8) is 0 Å². The van der Waals surface area contributed by atoms with Gasteiger partial charge in [0.25, 0.3) is 5.56 Å². The first-order valence-corrected chi connectivity index (χ1v) is 13.4. The number of carbonyl (C=O) groups is 1. The molecule has 1 fully saturated rings. The van der Waals surface area contributed by atoms with Crippen LogP contribution in [-0.4, -0.2) is 79.7 Å². The van der Waals surface area contributed by atoms with Crippen molar-refractivity contribution in [1.82, 2.24) is 19.8 Å². The van der Waals surface area contributed by atoms with Gasteiger partial charge in [-0.25, -0.2) is 4.98 Å². The molecule has 1 aliphatic heterocycles. The summed E-state index contributed by atoms with van der Waals surface area (Å²) in [4.78, 5) is 39.2. The molecule has 0 aliphatic carbocycles. The lowest BCUT2D eigenvalue weighted by atomic mass is 9.97. The second-order valence-corrected chi connectivity index (χ2v) is 9.80. The number of methoxy groups -OCH3 is 2. The van der Waals surface area contributed by atoms with Gasteiger partial charge in [-0.2, -0.15) is 0 Å². The van der Waals surface area contributed by atoms with Gasteiger partial charge in [-0.05, 0) is 44.0 Å². The number of H-pyrrole nitrogens is 1. The lowest BCUT2D eigenvalue weighted by Gasteiger charge is -2.36. The van der Waals surface area contributed by atoms with Crippen LogP contribution in [0.5, 0.6) is 11.5 Å². The molecule has 1 N–H and O–H groups in total. The molecule has 2 aromatic rings. The van der Waals surface area contributed by atoms with E-state index in [1.807, 2.05) is 30.1 Å². The Balaban J connectivity index is 1.56. The molecule has 37 heavy (non-hydrogen) atoms. The van der Waals surface area contributed by atoms with Gasteiger partial charge in [0.15, 0.2) is 11.5 Å². The number of nitrogens with zero attached hydrogens (tertiary/aromatic N) is 4. The average molecular weight is 514 g/mol. The number of unbranched alkanes of at least 4 members (excludes halogenated alkanes) is 1. The molecule has 1 amide bonds. The van der Waals surface area contributed by atoms with Gasteiger partial charge >= 0.3 is 0 Å². The standard InChI is InChI=1S/C28H43N5O4/c1-6-8-9-22(7-2)27(35)32-14-16-33(17-15-32)28-29-23(19-26(34)30-28)20-31(3)13-12-21-10-11-24(36-4)25(18-21)37-5/h10-11,18-19,22H,6-9,12-17,20H2,1-5H3,(H,29,30,34). The highest BCUT2D eigenvalue weighted by Crippen LogP contribution is 2.27. The number of ether oxygens (including phenoxy) is 2. The van der Waals surface area contributed by atoms with Crippen LogP contribution in [0, 0.1) is 5.92 Å². The van der Waals surface area contributed by atoms with Crippen LogP contribution in [0.15, 0.2) is 29.1 Å². The molecule has 0 saturated carbocycles. The number of aromatic nitrogens is 2. The lowest BCUT2D eigenvalue weighted by molar-refractivity contribution is -0.136. The fourth-order valence-electron chi connectivity index (χ4n) is 4.79. The second-order valence-electron chi connectivity index (χ2n) is 9.80. The van der Waals surface area contributed by atoms with Crippen LogP contribution in [0.25, 0.3) is 0 Å². The summed E-state index contributed by atoms with van der Waals surface area (Å²) in [6.45, 7) is 8.26. The number of hydrogen-bond acceptors (Lipinski definition) is 7. The van der Waals surface area contributed by atoms with Crippen LogP contribution in [0.4, 0.5) is 5.95 Å². The second kappa shape index (κ2) is 14.0. The molecular formula is C28H43N5O4. The van der Waals surface area contributed by atoms with E-state index < -0.39 is 0 Å². The maximum absolute atomic E-state index is 13.0. The number of rotatable bonds is 13. The van der Waals surface area contributed by atoms with Gasteiger partial charge in [0.2, 0.25) is 11.9 Å². The number of amides is 1. The first kappa shape index (κ1) is 28.5. The van der Waals surface area contributed by atoms with Gasteiger partial charge < -0.3 is 24.2 Å². The summed E-state index contributed by atoms with van der Waals surface area (Å²) in [5.74, 6) is 2.40. The quantitative estimate of drug-likeness (QED) is 0.439. The van der Waals surface area contributed by atoms with Crippen molar-refractivity contribution in [1.29, 1.82) is 0 Å². The number of hydrogen-bond donors (Lipinski definition) is 1. The van der Waals surface area contributed by atoms with Crippen LogP contribution in [-0.2, 0) is 17.8 Å². The number of anilines is 1. The monoisotopic (exact) mass is 513 g/mol. The van der Waals surface area contributed by atoms with Crippen molar-refractivity contribution in [2.75, 3.05) is 58.9 Å². The van der Waals surface area contributed by atoms with Crippen molar-refractivity contribution in [2.45, 2.75) is 52.5 Å². The minimum atomic E-state index is -0.155. The number of likely N-dealkylation sites (N-methyl/N-ethyl adjacent to an activating group) is 1. The molecule has 1 saturated heterocycles. The zero-order chi connectivity index (χ0) is 26.8. The van der Waals surface area contributed by atoms with Crippen molar-refractivity contribution in [3.05, 3.63) is 45.9 Å². The Kier molecular flexibility index (Phi) is 10.8. The number of piperazine rings is 1. The molecule has 0 radical (unpaired) electrons. The van der Waals surface area contributed by atoms with E-state index in [9.17, 15) is 9.59 Å². The largest absolute Gasteiger partial charge is 0.493 e. The highest BCUT2D eigenvalue weighted by Gasteiger charge is 2.27. The minimum absolute atomic E-state index is 0.113. The zero-order valence-corrected chi connectivity index (χ0v) is 23.1. The first-order valence-electron chi connectivity index (χ1n) is 13.4. The summed E-state index contributed by atoms with van der Waals surface area (Å²) in [6.07, 6.45) is 4.88. The van der Waals surface area contributed by atoms with Crippen molar-refractivity contribution in [3.8, 4) is 11.5 Å². The Morgan fingerprint density at radius 2 is 1.84 bits per heavy atom. The molecule has 2 heterocycles. The molecule has 0 bridgehead atoms. The van der Waals surface area contributed by atoms with Gasteiger partial charge in [0.1, 0.15) is 0 Å². The van der Waals surface area contributed by atoms with Crippen LogP contribution < -0.4 is 19.9 Å². The third kappa shape index (κ3) is 7.95. The summed E-state index contributed by atoms with van der Waals surface area (Å²) < 4.78 is 10.7. The molecule has 1 aromatic carbocycles. The number of benzene rings is 1. The molecule has 0 spiro atoms. The van der Waals surface area contributed by atoms with Crippen molar-refractivity contribution < 1.29 is 14.3 Å². The summed E-state index contributed by atoms with van der Waals surface area (Å²) in [7, 11) is 5.29. The third-order valence-corrected chi connectivity index (χ3v) is 7.08. The Morgan fingerprint density at radius 3 is 2.49 bits per heavy atom. The molecule has 1 aliphatic rings. The molecule has 204 valence electrons. The smallest absolute Gasteiger partial charge is 0.252 e.